The first-order valence-electron chi connectivity index (χ1n) is 6.54. The molecule has 0 fully saturated rings. The molecule has 0 aliphatic carbocycles. The number of halogens is 2. The largest absolute Gasteiger partial charge is 0.496 e. The van der Waals surface area contributed by atoms with Crippen LogP contribution in [0.25, 0.3) is 0 Å². The predicted molar refractivity (Wildman–Crippen MR) is 78.1 cm³/mol. The van der Waals surface area contributed by atoms with Gasteiger partial charge in [0, 0.05) is 17.3 Å². The maximum atomic E-state index is 12.2. The first kappa shape index (κ1) is 15.1. The van der Waals surface area contributed by atoms with E-state index in [2.05, 4.69) is 10.1 Å². The van der Waals surface area contributed by atoms with Gasteiger partial charge in [-0.2, -0.15) is 8.78 Å². The number of hydrogen-bond acceptors (Lipinski definition) is 3. The van der Waals surface area contributed by atoms with Gasteiger partial charge in [-0.3, -0.25) is 0 Å². The quantitative estimate of drug-likeness (QED) is 0.852. The Morgan fingerprint density at radius 2 is 1.81 bits per heavy atom. The van der Waals surface area contributed by atoms with Crippen molar-refractivity contribution in [3.05, 3.63) is 54.1 Å². The van der Waals surface area contributed by atoms with E-state index in [1.807, 2.05) is 31.2 Å². The molecule has 0 amide bonds. The summed E-state index contributed by atoms with van der Waals surface area (Å²) in [7, 11) is 1.61. The average Bonchev–Trinajstić information content (AvgIpc) is 2.46. The lowest BCUT2D eigenvalue weighted by molar-refractivity contribution is -0.0498. The smallest absolute Gasteiger partial charge is 0.387 e. The van der Waals surface area contributed by atoms with Crippen LogP contribution in [0.15, 0.2) is 48.5 Å². The van der Waals surface area contributed by atoms with Gasteiger partial charge >= 0.3 is 6.61 Å². The van der Waals surface area contributed by atoms with E-state index in [4.69, 9.17) is 4.74 Å². The highest BCUT2D eigenvalue weighted by Crippen LogP contribution is 2.28. The number of anilines is 1. The van der Waals surface area contributed by atoms with E-state index < -0.39 is 6.61 Å². The van der Waals surface area contributed by atoms with Crippen LogP contribution in [0.3, 0.4) is 0 Å². The van der Waals surface area contributed by atoms with E-state index in [0.717, 1.165) is 11.3 Å². The maximum absolute atomic E-state index is 12.2. The van der Waals surface area contributed by atoms with Crippen molar-refractivity contribution >= 4 is 5.69 Å². The van der Waals surface area contributed by atoms with Crippen molar-refractivity contribution in [3.8, 4) is 11.5 Å². The van der Waals surface area contributed by atoms with Crippen molar-refractivity contribution < 1.29 is 18.3 Å². The van der Waals surface area contributed by atoms with Crippen LogP contribution in [0.4, 0.5) is 14.5 Å². The highest BCUT2D eigenvalue weighted by molar-refractivity contribution is 5.51. The molecule has 112 valence electrons. The van der Waals surface area contributed by atoms with Gasteiger partial charge in [0.05, 0.1) is 13.2 Å². The third-order valence-electron chi connectivity index (χ3n) is 3.05. The molecule has 0 heterocycles. The molecule has 2 aromatic rings. The predicted octanol–water partition coefficient (Wildman–Crippen LogP) is 4.47. The summed E-state index contributed by atoms with van der Waals surface area (Å²) in [5, 5.41) is 3.24. The summed E-state index contributed by atoms with van der Waals surface area (Å²) in [5.74, 6) is 0.903. The fourth-order valence-electron chi connectivity index (χ4n) is 2.11. The number of nitrogens with one attached hydrogen (secondary N) is 1. The molecule has 0 spiro atoms. The number of benzene rings is 2. The lowest BCUT2D eigenvalue weighted by atomic mass is 10.1. The van der Waals surface area contributed by atoms with E-state index in [0.29, 0.717) is 5.69 Å². The Balaban J connectivity index is 2.14. The minimum atomic E-state index is -2.83. The van der Waals surface area contributed by atoms with Crippen LogP contribution in [-0.2, 0) is 0 Å². The van der Waals surface area contributed by atoms with Crippen molar-refractivity contribution in [1.82, 2.24) is 0 Å². The molecular formula is C16H17F2NO2. The third kappa shape index (κ3) is 4.08. The minimum absolute atomic E-state index is 0.0389. The molecule has 3 nitrogen and oxygen atoms in total. The fraction of sp³-hybridized carbons (Fsp3) is 0.250. The summed E-state index contributed by atoms with van der Waals surface area (Å²) in [4.78, 5) is 0. The Labute approximate surface area is 122 Å². The summed E-state index contributed by atoms with van der Waals surface area (Å²) in [6.07, 6.45) is 0. The number of alkyl halides is 2. The summed E-state index contributed by atoms with van der Waals surface area (Å²) < 4.78 is 34.1. The lowest BCUT2D eigenvalue weighted by Gasteiger charge is -2.18. The van der Waals surface area contributed by atoms with Crippen LogP contribution in [0.1, 0.15) is 18.5 Å². The maximum Gasteiger partial charge on any atom is 0.387 e. The first-order chi connectivity index (χ1) is 10.1. The van der Waals surface area contributed by atoms with Crippen LogP contribution in [0.2, 0.25) is 0 Å². The molecule has 1 atom stereocenters. The Morgan fingerprint density at radius 3 is 2.52 bits per heavy atom. The lowest BCUT2D eigenvalue weighted by Crippen LogP contribution is -2.08. The monoisotopic (exact) mass is 293 g/mol. The number of methoxy groups -OCH3 is 1. The minimum Gasteiger partial charge on any atom is -0.496 e. The van der Waals surface area contributed by atoms with Crippen LogP contribution >= 0.6 is 0 Å². The molecule has 0 saturated carbocycles. The zero-order valence-electron chi connectivity index (χ0n) is 11.8. The summed E-state index contributed by atoms with van der Waals surface area (Å²) >= 11 is 0. The molecule has 2 rings (SSSR count). The molecule has 0 bridgehead atoms. The zero-order chi connectivity index (χ0) is 15.2. The summed E-state index contributed by atoms with van der Waals surface area (Å²) in [5.41, 5.74) is 1.69. The van der Waals surface area contributed by atoms with Crippen molar-refractivity contribution in [1.29, 1.82) is 0 Å². The van der Waals surface area contributed by atoms with E-state index in [1.165, 1.54) is 12.1 Å². The molecule has 1 N–H and O–H groups in total. The van der Waals surface area contributed by atoms with Gasteiger partial charge in [0.15, 0.2) is 0 Å². The Hall–Kier alpha value is -2.30. The van der Waals surface area contributed by atoms with Crippen LogP contribution in [-0.4, -0.2) is 13.7 Å². The average molecular weight is 293 g/mol. The van der Waals surface area contributed by atoms with Crippen LogP contribution in [0.5, 0.6) is 11.5 Å². The van der Waals surface area contributed by atoms with E-state index in [1.54, 1.807) is 19.2 Å². The fourth-order valence-corrected chi connectivity index (χ4v) is 2.11. The molecule has 1 unspecified atom stereocenters. The highest BCUT2D eigenvalue weighted by Gasteiger charge is 2.11. The highest BCUT2D eigenvalue weighted by atomic mass is 19.3. The van der Waals surface area contributed by atoms with Gasteiger partial charge in [-0.1, -0.05) is 24.3 Å². The van der Waals surface area contributed by atoms with Crippen molar-refractivity contribution in [2.75, 3.05) is 12.4 Å². The topological polar surface area (TPSA) is 30.5 Å². The van der Waals surface area contributed by atoms with Gasteiger partial charge in [0.1, 0.15) is 11.5 Å². The Bertz CT molecular complexity index is 590. The van der Waals surface area contributed by atoms with Gasteiger partial charge in [-0.25, -0.2) is 0 Å². The number of ether oxygens (including phenoxy) is 2. The molecule has 5 heteroatoms. The normalized spacial score (nSPS) is 12.0. The number of hydrogen-bond donors (Lipinski definition) is 1. The Morgan fingerprint density at radius 1 is 1.05 bits per heavy atom. The van der Waals surface area contributed by atoms with Crippen molar-refractivity contribution in [2.24, 2.45) is 0 Å². The molecular weight excluding hydrogens is 276 g/mol. The molecule has 2 aromatic carbocycles. The van der Waals surface area contributed by atoms with Crippen LogP contribution < -0.4 is 14.8 Å². The van der Waals surface area contributed by atoms with E-state index in [9.17, 15) is 8.78 Å². The first-order valence-corrected chi connectivity index (χ1v) is 6.54. The summed E-state index contributed by atoms with van der Waals surface area (Å²) in [6.45, 7) is -0.856. The molecule has 0 radical (unpaired) electrons. The molecule has 0 aliphatic heterocycles. The number of para-hydroxylation sites is 1. The molecule has 0 aromatic heterocycles. The standard InChI is InChI=1S/C16H17F2NO2/c1-11(14-8-3-4-9-15(14)20-2)19-12-6-5-7-13(10-12)21-16(17)18/h3-11,16,19H,1-2H3. The van der Waals surface area contributed by atoms with Crippen molar-refractivity contribution in [2.45, 2.75) is 19.6 Å². The van der Waals surface area contributed by atoms with Gasteiger partial charge < -0.3 is 14.8 Å². The van der Waals surface area contributed by atoms with E-state index in [-0.39, 0.29) is 11.8 Å². The second-order valence-corrected chi connectivity index (χ2v) is 4.51. The molecule has 21 heavy (non-hydrogen) atoms. The zero-order valence-corrected chi connectivity index (χ0v) is 11.8. The number of rotatable bonds is 6. The molecule has 0 saturated heterocycles. The Kier molecular flexibility index (Phi) is 4.98. The van der Waals surface area contributed by atoms with Gasteiger partial charge in [0.25, 0.3) is 0 Å². The van der Waals surface area contributed by atoms with Gasteiger partial charge in [0.2, 0.25) is 0 Å². The molecule has 0 aliphatic rings. The van der Waals surface area contributed by atoms with Crippen LogP contribution in [0, 0.1) is 0 Å². The second-order valence-electron chi connectivity index (χ2n) is 4.51. The van der Waals surface area contributed by atoms with E-state index >= 15 is 0 Å². The third-order valence-corrected chi connectivity index (χ3v) is 3.05. The SMILES string of the molecule is COc1ccccc1C(C)Nc1cccc(OC(F)F)c1. The van der Waals surface area contributed by atoms with Gasteiger partial charge in [-0.15, -0.1) is 0 Å². The second kappa shape index (κ2) is 6.92. The van der Waals surface area contributed by atoms with Gasteiger partial charge in [-0.05, 0) is 25.1 Å². The van der Waals surface area contributed by atoms with Crippen molar-refractivity contribution in [3.63, 3.8) is 0 Å². The summed E-state index contributed by atoms with van der Waals surface area (Å²) in [6, 6.07) is 14.1.